The quantitative estimate of drug-likeness (QED) is 0.728. The van der Waals surface area contributed by atoms with Crippen LogP contribution in [0.1, 0.15) is 31.2 Å². The fourth-order valence-corrected chi connectivity index (χ4v) is 5.23. The zero-order valence-corrected chi connectivity index (χ0v) is 16.6. The van der Waals surface area contributed by atoms with Crippen LogP contribution in [-0.2, 0) is 16.0 Å². The number of hydrogen-bond donors (Lipinski definition) is 2. The number of rotatable bonds is 4. The van der Waals surface area contributed by atoms with Crippen molar-refractivity contribution in [2.45, 2.75) is 43.7 Å². The molecule has 0 unspecified atom stereocenters. The molecule has 154 valence electrons. The number of urea groups is 1. The third kappa shape index (κ3) is 3.04. The summed E-state index contributed by atoms with van der Waals surface area (Å²) in [7, 11) is 0. The van der Waals surface area contributed by atoms with Crippen LogP contribution in [0.5, 0.6) is 0 Å². The minimum atomic E-state index is -0.938. The van der Waals surface area contributed by atoms with E-state index in [1.54, 1.807) is 6.07 Å². The molecule has 0 spiro atoms. The van der Waals surface area contributed by atoms with Gasteiger partial charge in [0.25, 0.3) is 5.91 Å². The summed E-state index contributed by atoms with van der Waals surface area (Å²) in [6.07, 6.45) is 3.04. The van der Waals surface area contributed by atoms with Crippen molar-refractivity contribution < 1.29 is 18.8 Å². The number of carbonyl (C=O) groups is 3. The molecule has 0 aromatic heterocycles. The number of anilines is 1. The topological polar surface area (TPSA) is 81.8 Å². The lowest BCUT2D eigenvalue weighted by atomic mass is 9.87. The van der Waals surface area contributed by atoms with E-state index in [4.69, 9.17) is 11.6 Å². The fraction of sp³-hybridized carbons (Fsp3) is 0.550. The smallest absolute Gasteiger partial charge is 0.322 e. The predicted octanol–water partition coefficient (Wildman–Crippen LogP) is 1.82. The van der Waals surface area contributed by atoms with Gasteiger partial charge in [-0.3, -0.25) is 14.9 Å². The molecule has 1 aromatic carbocycles. The first-order valence-electron chi connectivity index (χ1n) is 10.0. The number of benzene rings is 1. The maximum Gasteiger partial charge on any atom is 0.322 e. The highest BCUT2D eigenvalue weighted by Gasteiger charge is 2.55. The summed E-state index contributed by atoms with van der Waals surface area (Å²) in [5.41, 5.74) is 0.933. The lowest BCUT2D eigenvalue weighted by molar-refractivity contribution is -0.133. The third-order valence-corrected chi connectivity index (χ3v) is 6.99. The Morgan fingerprint density at radius 1 is 1.28 bits per heavy atom. The summed E-state index contributed by atoms with van der Waals surface area (Å²) in [6, 6.07) is 2.79. The predicted molar refractivity (Wildman–Crippen MR) is 104 cm³/mol. The number of piperazine rings is 1. The molecule has 29 heavy (non-hydrogen) atoms. The number of hydrogen-bond acceptors (Lipinski definition) is 4. The normalized spacial score (nSPS) is 28.1. The molecule has 4 amide bonds. The van der Waals surface area contributed by atoms with Crippen LogP contribution in [0.3, 0.4) is 0 Å². The molecule has 3 heterocycles. The zero-order valence-electron chi connectivity index (χ0n) is 15.8. The molecule has 2 N–H and O–H groups in total. The van der Waals surface area contributed by atoms with Crippen molar-refractivity contribution in [3.05, 3.63) is 28.5 Å². The molecular weight excluding hydrogens is 399 g/mol. The van der Waals surface area contributed by atoms with E-state index in [-0.39, 0.29) is 35.2 Å². The molecular formula is C20H22ClFN4O3. The molecule has 0 bridgehead atoms. The molecule has 3 aliphatic heterocycles. The molecule has 2 saturated heterocycles. The van der Waals surface area contributed by atoms with Gasteiger partial charge in [0, 0.05) is 31.7 Å². The molecule has 4 aliphatic rings. The van der Waals surface area contributed by atoms with Crippen molar-refractivity contribution in [2.24, 2.45) is 5.92 Å². The summed E-state index contributed by atoms with van der Waals surface area (Å²) < 4.78 is 13.9. The van der Waals surface area contributed by atoms with Crippen molar-refractivity contribution in [3.63, 3.8) is 0 Å². The molecule has 1 aliphatic carbocycles. The van der Waals surface area contributed by atoms with Gasteiger partial charge in [-0.2, -0.15) is 0 Å². The van der Waals surface area contributed by atoms with Crippen LogP contribution in [0.25, 0.3) is 0 Å². The average Bonchev–Trinajstić information content (AvgIpc) is 3.42. The van der Waals surface area contributed by atoms with Crippen LogP contribution in [0, 0.1) is 11.7 Å². The molecule has 9 heteroatoms. The molecule has 3 fully saturated rings. The highest BCUT2D eigenvalue weighted by Crippen LogP contribution is 2.44. The lowest BCUT2D eigenvalue weighted by Gasteiger charge is -2.39. The monoisotopic (exact) mass is 420 g/mol. The van der Waals surface area contributed by atoms with Crippen molar-refractivity contribution in [3.8, 4) is 0 Å². The lowest BCUT2D eigenvalue weighted by Crippen LogP contribution is -2.54. The second kappa shape index (κ2) is 6.58. The maximum absolute atomic E-state index is 13.9. The average molecular weight is 421 g/mol. The van der Waals surface area contributed by atoms with Gasteiger partial charge in [-0.25, -0.2) is 9.18 Å². The van der Waals surface area contributed by atoms with Crippen LogP contribution >= 0.6 is 11.6 Å². The summed E-state index contributed by atoms with van der Waals surface area (Å²) in [4.78, 5) is 40.8. The van der Waals surface area contributed by atoms with Crippen LogP contribution in [-0.4, -0.2) is 54.0 Å². The first-order chi connectivity index (χ1) is 13.9. The number of carbonyl (C=O) groups excluding carboxylic acids is 3. The van der Waals surface area contributed by atoms with Gasteiger partial charge in [0.1, 0.15) is 11.4 Å². The number of nitrogens with zero attached hydrogens (tertiary/aromatic N) is 2. The van der Waals surface area contributed by atoms with E-state index < -0.39 is 17.4 Å². The molecule has 1 aromatic rings. The molecule has 7 nitrogen and oxygen atoms in total. The summed E-state index contributed by atoms with van der Waals surface area (Å²) >= 11 is 5.92. The highest BCUT2D eigenvalue weighted by molar-refractivity contribution is 6.30. The van der Waals surface area contributed by atoms with Gasteiger partial charge in [0.05, 0.1) is 11.1 Å². The number of amides is 4. The molecule has 2 atom stereocenters. The second-order valence-corrected chi connectivity index (χ2v) is 8.85. The van der Waals surface area contributed by atoms with Crippen molar-refractivity contribution in [1.82, 2.24) is 15.5 Å². The van der Waals surface area contributed by atoms with Gasteiger partial charge < -0.3 is 15.1 Å². The van der Waals surface area contributed by atoms with Gasteiger partial charge in [0.15, 0.2) is 0 Å². The second-order valence-electron chi connectivity index (χ2n) is 8.44. The minimum absolute atomic E-state index is 0.0150. The Morgan fingerprint density at radius 2 is 2.07 bits per heavy atom. The zero-order chi connectivity index (χ0) is 20.3. The van der Waals surface area contributed by atoms with Crippen LogP contribution in [0.15, 0.2) is 12.1 Å². The molecule has 0 radical (unpaired) electrons. The van der Waals surface area contributed by atoms with E-state index in [1.807, 2.05) is 4.90 Å². The molecule has 1 saturated carbocycles. The molecule has 5 rings (SSSR count). The highest BCUT2D eigenvalue weighted by atomic mass is 35.5. The third-order valence-electron chi connectivity index (χ3n) is 6.70. The standard InChI is InChI=1S/C20H22ClFN4O3/c21-14-8-11-7-13-10-25(5-6-26(13)16(11)9-15(14)22)17(27)3-4-20(12-1-2-12)18(28)23-19(29)24-20/h8-9,12-13H,1-7,10H2,(H2,23,24,28,29)/t13-,20-/m0/s1. The number of fused-ring (bicyclic) bond motifs is 3. The largest absolute Gasteiger partial charge is 0.364 e. The Labute approximate surface area is 172 Å². The van der Waals surface area contributed by atoms with Crippen LogP contribution in [0.2, 0.25) is 5.02 Å². The summed E-state index contributed by atoms with van der Waals surface area (Å²) in [6.45, 7) is 1.74. The van der Waals surface area contributed by atoms with Crippen LogP contribution < -0.4 is 15.5 Å². The minimum Gasteiger partial charge on any atom is -0.364 e. The summed E-state index contributed by atoms with van der Waals surface area (Å²) in [5.74, 6) is -0.638. The van der Waals surface area contributed by atoms with Crippen molar-refractivity contribution >= 4 is 35.1 Å². The van der Waals surface area contributed by atoms with Gasteiger partial charge in [0.2, 0.25) is 5.91 Å². The SMILES string of the molecule is O=C1NC(=O)[C@](CCC(=O)N2CCN3c4cc(F)c(Cl)cc4C[C@H]3C2)(C2CC2)N1. The first kappa shape index (κ1) is 18.7. The van der Waals surface area contributed by atoms with E-state index in [0.29, 0.717) is 26.1 Å². The Morgan fingerprint density at radius 3 is 2.76 bits per heavy atom. The van der Waals surface area contributed by atoms with Gasteiger partial charge in [-0.15, -0.1) is 0 Å². The Kier molecular flexibility index (Phi) is 4.24. The van der Waals surface area contributed by atoms with E-state index in [9.17, 15) is 18.8 Å². The summed E-state index contributed by atoms with van der Waals surface area (Å²) in [5, 5.41) is 5.21. The van der Waals surface area contributed by atoms with Crippen LogP contribution in [0.4, 0.5) is 14.9 Å². The van der Waals surface area contributed by atoms with Gasteiger partial charge in [-0.1, -0.05) is 11.6 Å². The first-order valence-corrected chi connectivity index (χ1v) is 10.4. The number of nitrogens with one attached hydrogen (secondary N) is 2. The number of imide groups is 1. The van der Waals surface area contributed by atoms with E-state index in [0.717, 1.165) is 30.5 Å². The van der Waals surface area contributed by atoms with Crippen molar-refractivity contribution in [1.29, 1.82) is 0 Å². The van der Waals surface area contributed by atoms with Crippen molar-refractivity contribution in [2.75, 3.05) is 24.5 Å². The van der Waals surface area contributed by atoms with E-state index in [2.05, 4.69) is 15.5 Å². The van der Waals surface area contributed by atoms with E-state index >= 15 is 0 Å². The maximum atomic E-state index is 13.9. The van der Waals surface area contributed by atoms with Gasteiger partial charge in [-0.05, 0) is 49.3 Å². The Balaban J connectivity index is 1.24. The van der Waals surface area contributed by atoms with Gasteiger partial charge >= 0.3 is 6.03 Å². The number of halogens is 2. The van der Waals surface area contributed by atoms with E-state index in [1.165, 1.54) is 6.07 Å². The Hall–Kier alpha value is -2.35. The fourth-order valence-electron chi connectivity index (χ4n) is 5.05. The Bertz CT molecular complexity index is 921.